The molecule has 2 heteroatoms. The number of rotatable bonds is 5. The molecule has 1 N–H and O–H groups in total. The Bertz CT molecular complexity index is 585. The number of aromatic hydroxyl groups is 1. The number of hydrogen-bond acceptors (Lipinski definition) is 2. The molecule has 0 atom stereocenters. The molecule has 2 rings (SSSR count). The summed E-state index contributed by atoms with van der Waals surface area (Å²) in [5, 5.41) is 10.1. The van der Waals surface area contributed by atoms with Gasteiger partial charge in [0.05, 0.1) is 0 Å². The summed E-state index contributed by atoms with van der Waals surface area (Å²) >= 11 is 0. The average Bonchev–Trinajstić information content (AvgIpc) is 2.45. The fraction of sp³-hybridized carbons (Fsp3) is 0.0588. The summed E-state index contributed by atoms with van der Waals surface area (Å²) in [5.41, 5.74) is 2.48. The molecule has 2 aromatic rings. The summed E-state index contributed by atoms with van der Waals surface area (Å²) in [6.45, 7) is 8.03. The van der Waals surface area contributed by atoms with E-state index in [1.54, 1.807) is 12.1 Å². The van der Waals surface area contributed by atoms with Crippen molar-refractivity contribution in [3.63, 3.8) is 0 Å². The largest absolute Gasteiger partial charge is 0.507 e. The van der Waals surface area contributed by atoms with Crippen LogP contribution in [0.5, 0.6) is 11.5 Å². The van der Waals surface area contributed by atoms with Gasteiger partial charge < -0.3 is 9.84 Å². The molecule has 0 aliphatic rings. The highest BCUT2D eigenvalue weighted by molar-refractivity contribution is 5.81. The summed E-state index contributed by atoms with van der Waals surface area (Å²) < 4.78 is 5.37. The summed E-state index contributed by atoms with van der Waals surface area (Å²) in [5.74, 6) is 0.775. The highest BCUT2D eigenvalue weighted by Crippen LogP contribution is 2.31. The molecular weight excluding hydrogens is 236 g/mol. The van der Waals surface area contributed by atoms with E-state index in [1.807, 2.05) is 42.5 Å². The van der Waals surface area contributed by atoms with Crippen molar-refractivity contribution in [3.8, 4) is 11.5 Å². The van der Waals surface area contributed by atoms with Gasteiger partial charge in [0.25, 0.3) is 0 Å². The van der Waals surface area contributed by atoms with Crippen LogP contribution in [0.25, 0.3) is 5.57 Å². The molecule has 0 saturated heterocycles. The molecule has 0 aromatic heterocycles. The topological polar surface area (TPSA) is 29.5 Å². The van der Waals surface area contributed by atoms with E-state index in [0.717, 1.165) is 11.1 Å². The van der Waals surface area contributed by atoms with Crippen LogP contribution < -0.4 is 4.74 Å². The first-order valence-corrected chi connectivity index (χ1v) is 6.04. The number of benzene rings is 2. The molecule has 0 bridgehead atoms. The predicted octanol–water partition coefficient (Wildman–Crippen LogP) is 4.02. The fourth-order valence-electron chi connectivity index (χ4n) is 1.81. The van der Waals surface area contributed by atoms with Crippen molar-refractivity contribution in [2.24, 2.45) is 0 Å². The highest BCUT2D eigenvalue weighted by atomic mass is 16.5. The van der Waals surface area contributed by atoms with Gasteiger partial charge in [-0.05, 0) is 23.3 Å². The Morgan fingerprint density at radius 3 is 2.53 bits per heavy atom. The number of ether oxygens (including phenoxy) is 1. The van der Waals surface area contributed by atoms with Gasteiger partial charge in [-0.3, -0.25) is 0 Å². The van der Waals surface area contributed by atoms with Crippen LogP contribution in [0, 0.1) is 0 Å². The van der Waals surface area contributed by atoms with E-state index in [2.05, 4.69) is 13.2 Å². The van der Waals surface area contributed by atoms with E-state index in [4.69, 9.17) is 4.74 Å². The molecule has 0 heterocycles. The molecule has 0 amide bonds. The monoisotopic (exact) mass is 252 g/mol. The number of hydrogen-bond donors (Lipinski definition) is 1. The van der Waals surface area contributed by atoms with Gasteiger partial charge in [-0.2, -0.15) is 0 Å². The van der Waals surface area contributed by atoms with Crippen LogP contribution in [0.1, 0.15) is 11.1 Å². The minimum Gasteiger partial charge on any atom is -0.507 e. The lowest BCUT2D eigenvalue weighted by Gasteiger charge is -2.10. The molecule has 96 valence electrons. The van der Waals surface area contributed by atoms with Crippen molar-refractivity contribution in [1.82, 2.24) is 0 Å². The highest BCUT2D eigenvalue weighted by Gasteiger charge is 2.08. The Balaban J connectivity index is 2.26. The standard InChI is InChI=1S/C17H16O2/c1-3-11-19-15-9-10-16(17(18)12-15)13(2)14-7-5-4-6-8-14/h3-10,12,18H,1-2,11H2. The third kappa shape index (κ3) is 3.05. The third-order valence-electron chi connectivity index (χ3n) is 2.78. The van der Waals surface area contributed by atoms with Crippen molar-refractivity contribution in [2.75, 3.05) is 6.61 Å². The first-order valence-electron chi connectivity index (χ1n) is 6.04. The second-order valence-corrected chi connectivity index (χ2v) is 4.12. The molecular formula is C17H16O2. The first kappa shape index (κ1) is 13.0. The van der Waals surface area contributed by atoms with E-state index in [-0.39, 0.29) is 5.75 Å². The molecule has 0 unspecified atom stereocenters. The van der Waals surface area contributed by atoms with Crippen molar-refractivity contribution in [2.45, 2.75) is 0 Å². The summed E-state index contributed by atoms with van der Waals surface area (Å²) in [4.78, 5) is 0. The first-order chi connectivity index (χ1) is 9.22. The Morgan fingerprint density at radius 1 is 1.16 bits per heavy atom. The molecule has 0 radical (unpaired) electrons. The Hall–Kier alpha value is -2.48. The zero-order valence-electron chi connectivity index (χ0n) is 10.7. The second kappa shape index (κ2) is 5.91. The van der Waals surface area contributed by atoms with Crippen molar-refractivity contribution in [1.29, 1.82) is 0 Å². The molecule has 2 nitrogen and oxygen atoms in total. The van der Waals surface area contributed by atoms with Gasteiger partial charge in [0.2, 0.25) is 0 Å². The zero-order chi connectivity index (χ0) is 13.7. The summed E-state index contributed by atoms with van der Waals surface area (Å²) in [7, 11) is 0. The Labute approximate surface area is 113 Å². The van der Waals surface area contributed by atoms with Crippen LogP contribution in [0.4, 0.5) is 0 Å². The minimum atomic E-state index is 0.162. The molecule has 0 aliphatic heterocycles. The molecule has 19 heavy (non-hydrogen) atoms. The smallest absolute Gasteiger partial charge is 0.127 e. The predicted molar refractivity (Wildman–Crippen MR) is 78.4 cm³/mol. The van der Waals surface area contributed by atoms with Gasteiger partial charge in [-0.1, -0.05) is 49.6 Å². The van der Waals surface area contributed by atoms with Crippen LogP contribution in [-0.2, 0) is 0 Å². The minimum absolute atomic E-state index is 0.162. The van der Waals surface area contributed by atoms with Gasteiger partial charge in [0, 0.05) is 11.6 Å². The van der Waals surface area contributed by atoms with Crippen LogP contribution in [-0.4, -0.2) is 11.7 Å². The van der Waals surface area contributed by atoms with E-state index in [0.29, 0.717) is 17.9 Å². The molecule has 0 saturated carbocycles. The van der Waals surface area contributed by atoms with Gasteiger partial charge >= 0.3 is 0 Å². The maximum Gasteiger partial charge on any atom is 0.127 e. The van der Waals surface area contributed by atoms with Crippen molar-refractivity contribution >= 4 is 5.57 Å². The molecule has 0 fully saturated rings. The maximum absolute atomic E-state index is 10.1. The molecule has 0 spiro atoms. The van der Waals surface area contributed by atoms with E-state index in [1.165, 1.54) is 0 Å². The van der Waals surface area contributed by atoms with Crippen LogP contribution in [0.15, 0.2) is 67.8 Å². The lowest BCUT2D eigenvalue weighted by Crippen LogP contribution is -1.93. The van der Waals surface area contributed by atoms with Crippen molar-refractivity contribution in [3.05, 3.63) is 78.9 Å². The van der Waals surface area contributed by atoms with Crippen LogP contribution in [0.3, 0.4) is 0 Å². The van der Waals surface area contributed by atoms with Gasteiger partial charge in [0.15, 0.2) is 0 Å². The van der Waals surface area contributed by atoms with E-state index < -0.39 is 0 Å². The number of phenolic OH excluding ortho intramolecular Hbond substituents is 1. The molecule has 0 aliphatic carbocycles. The van der Waals surface area contributed by atoms with Gasteiger partial charge in [-0.25, -0.2) is 0 Å². The summed E-state index contributed by atoms with van der Waals surface area (Å²) in [6, 6.07) is 15.0. The second-order valence-electron chi connectivity index (χ2n) is 4.12. The normalized spacial score (nSPS) is 9.89. The lowest BCUT2D eigenvalue weighted by atomic mass is 9.99. The van der Waals surface area contributed by atoms with Gasteiger partial charge in [-0.15, -0.1) is 0 Å². The fourth-order valence-corrected chi connectivity index (χ4v) is 1.81. The third-order valence-corrected chi connectivity index (χ3v) is 2.78. The summed E-state index contributed by atoms with van der Waals surface area (Å²) in [6.07, 6.45) is 1.66. The van der Waals surface area contributed by atoms with Crippen LogP contribution >= 0.6 is 0 Å². The molecule has 2 aromatic carbocycles. The maximum atomic E-state index is 10.1. The van der Waals surface area contributed by atoms with E-state index >= 15 is 0 Å². The zero-order valence-corrected chi connectivity index (χ0v) is 10.7. The van der Waals surface area contributed by atoms with Crippen molar-refractivity contribution < 1.29 is 9.84 Å². The Kier molecular flexibility index (Phi) is 4.04. The van der Waals surface area contributed by atoms with E-state index in [9.17, 15) is 5.11 Å². The SMILES string of the molecule is C=CCOc1ccc(C(=C)c2ccccc2)c(O)c1. The number of phenols is 1. The Morgan fingerprint density at radius 2 is 1.89 bits per heavy atom. The quantitative estimate of drug-likeness (QED) is 0.814. The van der Waals surface area contributed by atoms with Gasteiger partial charge in [0.1, 0.15) is 18.1 Å². The average molecular weight is 252 g/mol. The lowest BCUT2D eigenvalue weighted by molar-refractivity contribution is 0.360. The van der Waals surface area contributed by atoms with Crippen LogP contribution in [0.2, 0.25) is 0 Å².